The SMILES string of the molecule is c1ccc2c(c1)Oc1cccc3c1B2c1cc2c4ccccc4c4ccccc4c2cc1O3. The van der Waals surface area contributed by atoms with Crippen LogP contribution in [0.2, 0.25) is 0 Å². The lowest BCUT2D eigenvalue weighted by atomic mass is 9.35. The first kappa shape index (κ1) is 17.3. The molecule has 152 valence electrons. The van der Waals surface area contributed by atoms with Gasteiger partial charge in [0.05, 0.1) is 0 Å². The molecule has 0 saturated carbocycles. The van der Waals surface area contributed by atoms with Crippen LogP contribution in [0.3, 0.4) is 0 Å². The van der Waals surface area contributed by atoms with Crippen molar-refractivity contribution in [2.45, 2.75) is 0 Å². The van der Waals surface area contributed by atoms with Crippen molar-refractivity contribution in [2.24, 2.45) is 0 Å². The molecule has 0 N–H and O–H groups in total. The zero-order valence-corrected chi connectivity index (χ0v) is 17.7. The molecule has 3 heteroatoms. The van der Waals surface area contributed by atoms with Crippen LogP contribution in [0.5, 0.6) is 23.0 Å². The Hall–Kier alpha value is -4.24. The summed E-state index contributed by atoms with van der Waals surface area (Å²) >= 11 is 0. The third kappa shape index (κ3) is 2.24. The van der Waals surface area contributed by atoms with Gasteiger partial charge in [0.15, 0.2) is 0 Å². The molecular weight excluding hydrogens is 403 g/mol. The van der Waals surface area contributed by atoms with Crippen LogP contribution < -0.4 is 25.9 Å². The van der Waals surface area contributed by atoms with Crippen LogP contribution in [0.15, 0.2) is 103 Å². The average molecular weight is 420 g/mol. The molecule has 33 heavy (non-hydrogen) atoms. The first-order valence-corrected chi connectivity index (χ1v) is 11.3. The van der Waals surface area contributed by atoms with E-state index in [1.165, 1.54) is 43.2 Å². The first-order valence-electron chi connectivity index (χ1n) is 11.3. The number of fused-ring (bicyclic) bond motifs is 10. The lowest BCUT2D eigenvalue weighted by Crippen LogP contribution is -2.57. The zero-order valence-electron chi connectivity index (χ0n) is 17.7. The average Bonchev–Trinajstić information content (AvgIpc) is 2.88. The van der Waals surface area contributed by atoms with E-state index in [0.29, 0.717) is 0 Å². The summed E-state index contributed by atoms with van der Waals surface area (Å²) in [7, 11) is 0. The normalized spacial score (nSPS) is 13.3. The van der Waals surface area contributed by atoms with Gasteiger partial charge in [-0.1, -0.05) is 78.9 Å². The molecule has 8 rings (SSSR count). The maximum absolute atomic E-state index is 6.53. The fourth-order valence-electron chi connectivity index (χ4n) is 5.78. The van der Waals surface area contributed by atoms with E-state index in [-0.39, 0.29) is 6.71 Å². The van der Waals surface area contributed by atoms with Gasteiger partial charge in [0.2, 0.25) is 0 Å². The van der Waals surface area contributed by atoms with Crippen molar-refractivity contribution in [2.75, 3.05) is 0 Å². The van der Waals surface area contributed by atoms with Gasteiger partial charge in [0.1, 0.15) is 23.0 Å². The number of para-hydroxylation sites is 1. The Bertz CT molecular complexity index is 1790. The van der Waals surface area contributed by atoms with Gasteiger partial charge in [-0.25, -0.2) is 0 Å². The molecule has 2 aliphatic heterocycles. The molecule has 0 amide bonds. The Kier molecular flexibility index (Phi) is 3.24. The molecule has 0 atom stereocenters. The standard InChI is InChI=1S/C30H17BO2/c1-3-10-20-18(8-1)19-9-2-4-11-21(19)23-17-29-25(16-22(20)23)31-24-12-5-6-13-26(24)32-27-14-7-15-28(33-29)30(27)31/h1-17H. The topological polar surface area (TPSA) is 18.5 Å². The van der Waals surface area contributed by atoms with Crippen molar-refractivity contribution >= 4 is 55.4 Å². The molecule has 0 bridgehead atoms. The van der Waals surface area contributed by atoms with E-state index >= 15 is 0 Å². The largest absolute Gasteiger partial charge is 0.458 e. The zero-order chi connectivity index (χ0) is 21.5. The molecule has 2 heterocycles. The van der Waals surface area contributed by atoms with Gasteiger partial charge >= 0.3 is 0 Å². The second-order valence-corrected chi connectivity index (χ2v) is 8.87. The molecule has 0 unspecified atom stereocenters. The number of hydrogen-bond acceptors (Lipinski definition) is 2. The van der Waals surface area contributed by atoms with E-state index < -0.39 is 0 Å². The van der Waals surface area contributed by atoms with Crippen molar-refractivity contribution < 1.29 is 9.47 Å². The molecule has 6 aromatic carbocycles. The van der Waals surface area contributed by atoms with Gasteiger partial charge < -0.3 is 9.47 Å². The van der Waals surface area contributed by atoms with E-state index in [0.717, 1.165) is 28.5 Å². The highest BCUT2D eigenvalue weighted by atomic mass is 16.5. The summed E-state index contributed by atoms with van der Waals surface area (Å²) in [4.78, 5) is 0. The molecule has 0 aliphatic carbocycles. The van der Waals surface area contributed by atoms with Crippen LogP contribution in [0.4, 0.5) is 0 Å². The van der Waals surface area contributed by atoms with Gasteiger partial charge in [-0.3, -0.25) is 0 Å². The minimum atomic E-state index is 0.0829. The van der Waals surface area contributed by atoms with Gasteiger partial charge in [-0.15, -0.1) is 0 Å². The molecule has 0 aromatic heterocycles. The van der Waals surface area contributed by atoms with Crippen LogP contribution in [-0.4, -0.2) is 6.71 Å². The van der Waals surface area contributed by atoms with Crippen molar-refractivity contribution in [3.8, 4) is 23.0 Å². The summed E-state index contributed by atoms with van der Waals surface area (Å²) in [6.45, 7) is 0.0829. The van der Waals surface area contributed by atoms with E-state index in [1.807, 2.05) is 18.2 Å². The van der Waals surface area contributed by atoms with Gasteiger partial charge in [-0.2, -0.15) is 0 Å². The lowest BCUT2D eigenvalue weighted by Gasteiger charge is -2.33. The van der Waals surface area contributed by atoms with Crippen molar-refractivity contribution in [3.05, 3.63) is 103 Å². The molecular formula is C30H17BO2. The molecule has 2 aliphatic rings. The van der Waals surface area contributed by atoms with Crippen molar-refractivity contribution in [3.63, 3.8) is 0 Å². The maximum atomic E-state index is 6.53. The second kappa shape index (κ2) is 6.17. The summed E-state index contributed by atoms with van der Waals surface area (Å²) in [5, 5.41) is 7.57. The Morgan fingerprint density at radius 3 is 1.61 bits per heavy atom. The summed E-state index contributed by atoms with van der Waals surface area (Å²) in [5.41, 5.74) is 3.50. The van der Waals surface area contributed by atoms with Gasteiger partial charge in [0.25, 0.3) is 6.71 Å². The minimum Gasteiger partial charge on any atom is -0.458 e. The van der Waals surface area contributed by atoms with E-state index in [2.05, 4.69) is 84.9 Å². The molecule has 0 spiro atoms. The Labute approximate surface area is 191 Å². The summed E-state index contributed by atoms with van der Waals surface area (Å²) in [5.74, 6) is 3.60. The molecule has 0 saturated heterocycles. The number of benzene rings is 6. The van der Waals surface area contributed by atoms with E-state index in [9.17, 15) is 0 Å². The van der Waals surface area contributed by atoms with E-state index in [4.69, 9.17) is 9.47 Å². The third-order valence-corrected chi connectivity index (χ3v) is 7.17. The second-order valence-electron chi connectivity index (χ2n) is 8.87. The van der Waals surface area contributed by atoms with Crippen LogP contribution >= 0.6 is 0 Å². The maximum Gasteiger partial charge on any atom is 0.260 e. The van der Waals surface area contributed by atoms with Crippen molar-refractivity contribution in [1.29, 1.82) is 0 Å². The Morgan fingerprint density at radius 2 is 0.909 bits per heavy atom. The van der Waals surface area contributed by atoms with Crippen LogP contribution in [0.25, 0.3) is 32.3 Å². The predicted octanol–water partition coefficient (Wildman–Crippen LogP) is 5.87. The first-order chi connectivity index (χ1) is 16.4. The molecule has 6 aromatic rings. The van der Waals surface area contributed by atoms with Crippen molar-refractivity contribution in [1.82, 2.24) is 0 Å². The molecule has 0 fully saturated rings. The highest BCUT2D eigenvalue weighted by Gasteiger charge is 2.40. The lowest BCUT2D eigenvalue weighted by molar-refractivity contribution is 0.465. The quantitative estimate of drug-likeness (QED) is 0.226. The monoisotopic (exact) mass is 420 g/mol. The van der Waals surface area contributed by atoms with Gasteiger partial charge in [0, 0.05) is 5.46 Å². The highest BCUT2D eigenvalue weighted by Crippen LogP contribution is 2.39. The summed E-state index contributed by atoms with van der Waals surface area (Å²) in [6, 6.07) is 36.4. The van der Waals surface area contributed by atoms with Crippen LogP contribution in [0, 0.1) is 0 Å². The fourth-order valence-corrected chi connectivity index (χ4v) is 5.78. The smallest absolute Gasteiger partial charge is 0.260 e. The predicted molar refractivity (Wildman–Crippen MR) is 137 cm³/mol. The van der Waals surface area contributed by atoms with Crippen LogP contribution in [0.1, 0.15) is 0 Å². The van der Waals surface area contributed by atoms with Gasteiger partial charge in [-0.05, 0) is 67.5 Å². The number of hydrogen-bond donors (Lipinski definition) is 0. The Morgan fingerprint density at radius 1 is 0.394 bits per heavy atom. The third-order valence-electron chi connectivity index (χ3n) is 7.17. The highest BCUT2D eigenvalue weighted by molar-refractivity contribution is 6.98. The fraction of sp³-hybridized carbons (Fsp3) is 0. The van der Waals surface area contributed by atoms with E-state index in [1.54, 1.807) is 0 Å². The number of ether oxygens (including phenoxy) is 2. The summed E-state index contributed by atoms with van der Waals surface area (Å²) in [6.07, 6.45) is 0. The molecule has 2 nitrogen and oxygen atoms in total. The summed E-state index contributed by atoms with van der Waals surface area (Å²) < 4.78 is 12.8. The minimum absolute atomic E-state index is 0.0829. The van der Waals surface area contributed by atoms with Crippen LogP contribution in [-0.2, 0) is 0 Å². The Balaban J connectivity index is 1.53. The number of rotatable bonds is 0. The molecule has 0 radical (unpaired) electrons.